The standard InChI is InChI=1S/C25H23N3O6/c1-31-23-11-16(12-24(32-2)25(23)33-3)15-34-19-7-8-20-21(9-10-26-22(20)14-19)27-17-5-4-6-18(13-17)28(29)30/h4-14H,15H2,1-3H3,(H,26,27). The molecule has 0 aliphatic carbocycles. The van der Waals surface area contributed by atoms with E-state index in [1.54, 1.807) is 39.7 Å². The number of methoxy groups -OCH3 is 3. The molecule has 0 saturated heterocycles. The second kappa shape index (κ2) is 9.95. The molecule has 1 heterocycles. The molecule has 4 rings (SSSR count). The third kappa shape index (κ3) is 4.78. The summed E-state index contributed by atoms with van der Waals surface area (Å²) in [6, 6.07) is 17.4. The maximum atomic E-state index is 11.1. The molecule has 0 aliphatic heterocycles. The average molecular weight is 461 g/mol. The Kier molecular flexibility index (Phi) is 6.63. The van der Waals surface area contributed by atoms with Crippen LogP contribution in [-0.2, 0) is 6.61 Å². The highest BCUT2D eigenvalue weighted by molar-refractivity contribution is 5.93. The number of fused-ring (bicyclic) bond motifs is 1. The van der Waals surface area contributed by atoms with Gasteiger partial charge in [-0.2, -0.15) is 0 Å². The number of nitro benzene ring substituents is 1. The second-order valence-corrected chi connectivity index (χ2v) is 7.29. The Morgan fingerprint density at radius 2 is 1.71 bits per heavy atom. The first-order valence-electron chi connectivity index (χ1n) is 10.3. The molecule has 9 nitrogen and oxygen atoms in total. The number of non-ortho nitro benzene ring substituents is 1. The van der Waals surface area contributed by atoms with Gasteiger partial charge in [-0.25, -0.2) is 0 Å². The molecule has 0 aliphatic rings. The van der Waals surface area contributed by atoms with E-state index in [4.69, 9.17) is 18.9 Å². The Labute approximate surface area is 196 Å². The number of pyridine rings is 1. The zero-order chi connectivity index (χ0) is 24.1. The zero-order valence-electron chi connectivity index (χ0n) is 18.9. The number of aromatic nitrogens is 1. The van der Waals surface area contributed by atoms with E-state index < -0.39 is 4.92 Å². The van der Waals surface area contributed by atoms with Crippen LogP contribution in [0.1, 0.15) is 5.56 Å². The summed E-state index contributed by atoms with van der Waals surface area (Å²) in [5.41, 5.74) is 2.98. The molecule has 1 N–H and O–H groups in total. The summed E-state index contributed by atoms with van der Waals surface area (Å²) in [7, 11) is 4.69. The van der Waals surface area contributed by atoms with Crippen molar-refractivity contribution in [1.82, 2.24) is 4.98 Å². The number of nitrogens with one attached hydrogen (secondary N) is 1. The number of nitrogens with zero attached hydrogens (tertiary/aromatic N) is 2. The molecule has 0 atom stereocenters. The van der Waals surface area contributed by atoms with Crippen LogP contribution in [0.5, 0.6) is 23.0 Å². The van der Waals surface area contributed by atoms with Gasteiger partial charge in [-0.1, -0.05) is 6.07 Å². The van der Waals surface area contributed by atoms with Gasteiger partial charge in [0.15, 0.2) is 11.5 Å². The molecule has 9 heteroatoms. The van der Waals surface area contributed by atoms with Crippen molar-refractivity contribution < 1.29 is 23.9 Å². The monoisotopic (exact) mass is 461 g/mol. The molecule has 4 aromatic rings. The van der Waals surface area contributed by atoms with E-state index in [1.807, 2.05) is 36.4 Å². The van der Waals surface area contributed by atoms with Crippen molar-refractivity contribution in [1.29, 1.82) is 0 Å². The van der Waals surface area contributed by atoms with E-state index in [0.717, 1.165) is 22.2 Å². The predicted octanol–water partition coefficient (Wildman–Crippen LogP) is 5.49. The van der Waals surface area contributed by atoms with E-state index in [9.17, 15) is 10.1 Å². The van der Waals surface area contributed by atoms with Crippen molar-refractivity contribution in [3.8, 4) is 23.0 Å². The minimum atomic E-state index is -0.423. The summed E-state index contributed by atoms with van der Waals surface area (Å²) in [6.45, 7) is 0.286. The molecule has 3 aromatic carbocycles. The number of hydrogen-bond acceptors (Lipinski definition) is 8. The lowest BCUT2D eigenvalue weighted by atomic mass is 10.1. The fourth-order valence-corrected chi connectivity index (χ4v) is 3.56. The van der Waals surface area contributed by atoms with Crippen molar-refractivity contribution in [2.24, 2.45) is 0 Å². The van der Waals surface area contributed by atoms with Gasteiger partial charge in [0.05, 0.1) is 31.8 Å². The Hall–Kier alpha value is -4.53. The van der Waals surface area contributed by atoms with Gasteiger partial charge in [0.1, 0.15) is 12.4 Å². The topological polar surface area (TPSA) is 105 Å². The third-order valence-corrected chi connectivity index (χ3v) is 5.18. The molecule has 174 valence electrons. The number of benzene rings is 3. The maximum Gasteiger partial charge on any atom is 0.271 e. The van der Waals surface area contributed by atoms with Gasteiger partial charge in [0, 0.05) is 41.2 Å². The summed E-state index contributed by atoms with van der Waals surface area (Å²) in [5.74, 6) is 2.27. The van der Waals surface area contributed by atoms with Crippen LogP contribution < -0.4 is 24.3 Å². The summed E-state index contributed by atoms with van der Waals surface area (Å²) in [4.78, 5) is 15.1. The highest BCUT2D eigenvalue weighted by Gasteiger charge is 2.14. The van der Waals surface area contributed by atoms with Crippen LogP contribution in [-0.4, -0.2) is 31.2 Å². The zero-order valence-corrected chi connectivity index (χ0v) is 18.9. The Balaban J connectivity index is 1.55. The maximum absolute atomic E-state index is 11.1. The predicted molar refractivity (Wildman–Crippen MR) is 129 cm³/mol. The van der Waals surface area contributed by atoms with Gasteiger partial charge < -0.3 is 24.3 Å². The van der Waals surface area contributed by atoms with Crippen molar-refractivity contribution in [3.05, 3.63) is 82.5 Å². The quantitative estimate of drug-likeness (QED) is 0.258. The normalized spacial score (nSPS) is 10.6. The van der Waals surface area contributed by atoms with Crippen molar-refractivity contribution in [3.63, 3.8) is 0 Å². The number of nitro groups is 1. The van der Waals surface area contributed by atoms with E-state index in [0.29, 0.717) is 28.7 Å². The second-order valence-electron chi connectivity index (χ2n) is 7.29. The first-order chi connectivity index (χ1) is 16.5. The first kappa shape index (κ1) is 22.7. The molecule has 0 radical (unpaired) electrons. The lowest BCUT2D eigenvalue weighted by Gasteiger charge is -2.15. The van der Waals surface area contributed by atoms with Crippen LogP contribution in [0, 0.1) is 10.1 Å². The Morgan fingerprint density at radius 1 is 0.941 bits per heavy atom. The van der Waals surface area contributed by atoms with Crippen molar-refractivity contribution in [2.45, 2.75) is 6.61 Å². The molecule has 0 amide bonds. The van der Waals surface area contributed by atoms with E-state index in [-0.39, 0.29) is 12.3 Å². The molecule has 0 saturated carbocycles. The largest absolute Gasteiger partial charge is 0.493 e. The molecule has 0 fully saturated rings. The van der Waals surface area contributed by atoms with Crippen LogP contribution >= 0.6 is 0 Å². The average Bonchev–Trinajstić information content (AvgIpc) is 2.86. The summed E-state index contributed by atoms with van der Waals surface area (Å²) in [6.07, 6.45) is 1.67. The summed E-state index contributed by atoms with van der Waals surface area (Å²) in [5, 5.41) is 15.1. The first-order valence-corrected chi connectivity index (χ1v) is 10.3. The molecule has 0 bridgehead atoms. The van der Waals surface area contributed by atoms with Crippen LogP contribution in [0.25, 0.3) is 10.9 Å². The lowest BCUT2D eigenvalue weighted by molar-refractivity contribution is -0.384. The fraction of sp³-hybridized carbons (Fsp3) is 0.160. The summed E-state index contributed by atoms with van der Waals surface area (Å²) < 4.78 is 22.1. The molecule has 0 spiro atoms. The smallest absolute Gasteiger partial charge is 0.271 e. The molecule has 1 aromatic heterocycles. The van der Waals surface area contributed by atoms with Gasteiger partial charge in [0.25, 0.3) is 5.69 Å². The van der Waals surface area contributed by atoms with Crippen molar-refractivity contribution in [2.75, 3.05) is 26.6 Å². The van der Waals surface area contributed by atoms with Crippen molar-refractivity contribution >= 4 is 28.0 Å². The SMILES string of the molecule is COc1cc(COc2ccc3c(Nc4cccc([N+](=O)[O-])c4)ccnc3c2)cc(OC)c1OC. The molecular formula is C25H23N3O6. The number of hydrogen-bond donors (Lipinski definition) is 1. The number of anilines is 2. The summed E-state index contributed by atoms with van der Waals surface area (Å²) >= 11 is 0. The molecule has 0 unspecified atom stereocenters. The van der Waals surface area contributed by atoms with Crippen LogP contribution in [0.4, 0.5) is 17.1 Å². The minimum Gasteiger partial charge on any atom is -0.493 e. The van der Waals surface area contributed by atoms with Gasteiger partial charge in [-0.15, -0.1) is 0 Å². The number of ether oxygens (including phenoxy) is 4. The van der Waals surface area contributed by atoms with E-state index >= 15 is 0 Å². The van der Waals surface area contributed by atoms with Crippen LogP contribution in [0.3, 0.4) is 0 Å². The molecular weight excluding hydrogens is 438 g/mol. The van der Waals surface area contributed by atoms with E-state index in [2.05, 4.69) is 10.3 Å². The minimum absolute atomic E-state index is 0.0193. The lowest BCUT2D eigenvalue weighted by Crippen LogP contribution is -2.00. The van der Waals surface area contributed by atoms with Gasteiger partial charge >= 0.3 is 0 Å². The highest BCUT2D eigenvalue weighted by atomic mass is 16.6. The molecule has 34 heavy (non-hydrogen) atoms. The van der Waals surface area contributed by atoms with Gasteiger partial charge in [-0.05, 0) is 42.0 Å². The van der Waals surface area contributed by atoms with E-state index in [1.165, 1.54) is 12.1 Å². The third-order valence-electron chi connectivity index (χ3n) is 5.18. The van der Waals surface area contributed by atoms with Gasteiger partial charge in [0.2, 0.25) is 5.75 Å². The van der Waals surface area contributed by atoms with Gasteiger partial charge in [-0.3, -0.25) is 15.1 Å². The number of rotatable bonds is 9. The highest BCUT2D eigenvalue weighted by Crippen LogP contribution is 2.38. The fourth-order valence-electron chi connectivity index (χ4n) is 3.56. The van der Waals surface area contributed by atoms with Crippen LogP contribution in [0.15, 0.2) is 66.9 Å². The Bertz CT molecular complexity index is 1320. The Morgan fingerprint density at radius 3 is 2.38 bits per heavy atom. The van der Waals surface area contributed by atoms with Crippen LogP contribution in [0.2, 0.25) is 0 Å².